The summed E-state index contributed by atoms with van der Waals surface area (Å²) in [5.74, 6) is -0.472. The summed E-state index contributed by atoms with van der Waals surface area (Å²) in [6, 6.07) is 1.58. The first-order valence-electron chi connectivity index (χ1n) is 4.90. The van der Waals surface area contributed by atoms with Crippen molar-refractivity contribution in [3.05, 3.63) is 32.9 Å². The van der Waals surface area contributed by atoms with E-state index in [1.54, 1.807) is 13.0 Å². The monoisotopic (exact) mass is 302 g/mol. The van der Waals surface area contributed by atoms with Gasteiger partial charge in [0.2, 0.25) is 0 Å². The molecule has 0 aliphatic rings. The van der Waals surface area contributed by atoms with Gasteiger partial charge in [-0.25, -0.2) is 9.78 Å². The van der Waals surface area contributed by atoms with Crippen molar-refractivity contribution < 1.29 is 9.53 Å². The molecule has 0 amide bonds. The van der Waals surface area contributed by atoms with E-state index >= 15 is 0 Å². The van der Waals surface area contributed by atoms with Crippen LogP contribution >= 0.6 is 34.5 Å². The summed E-state index contributed by atoms with van der Waals surface area (Å²) >= 11 is 13.1. The summed E-state index contributed by atoms with van der Waals surface area (Å²) in [5.41, 5.74) is 0.787. The molecule has 2 aromatic heterocycles. The van der Waals surface area contributed by atoms with Gasteiger partial charge in [-0.1, -0.05) is 23.2 Å². The minimum Gasteiger partial charge on any atom is -0.464 e. The van der Waals surface area contributed by atoms with Gasteiger partial charge in [0.15, 0.2) is 5.69 Å². The molecule has 94 valence electrons. The van der Waals surface area contributed by atoms with Crippen LogP contribution in [-0.4, -0.2) is 23.0 Å². The van der Waals surface area contributed by atoms with Crippen molar-refractivity contribution in [2.45, 2.75) is 6.92 Å². The Labute approximate surface area is 118 Å². The van der Waals surface area contributed by atoms with Crippen LogP contribution in [0, 0.1) is 6.92 Å². The zero-order valence-corrected chi connectivity index (χ0v) is 11.9. The second-order valence-corrected chi connectivity index (χ2v) is 5.45. The number of aromatic nitrogens is 2. The summed E-state index contributed by atoms with van der Waals surface area (Å²) in [4.78, 5) is 20.5. The van der Waals surface area contributed by atoms with Crippen LogP contribution in [0.1, 0.15) is 15.4 Å². The lowest BCUT2D eigenvalue weighted by Crippen LogP contribution is -2.03. The van der Waals surface area contributed by atoms with Crippen molar-refractivity contribution in [2.24, 2.45) is 0 Å². The molecule has 0 aliphatic heterocycles. The first-order valence-corrected chi connectivity index (χ1v) is 6.47. The van der Waals surface area contributed by atoms with E-state index < -0.39 is 5.97 Å². The molecule has 0 N–H and O–H groups in total. The third-order valence-electron chi connectivity index (χ3n) is 2.19. The number of nitrogens with zero attached hydrogens (tertiary/aromatic N) is 2. The Balaban J connectivity index is 2.49. The number of thiazole rings is 1. The molecular weight excluding hydrogens is 295 g/mol. The number of ether oxygens (including phenoxy) is 1. The fourth-order valence-electron chi connectivity index (χ4n) is 1.36. The van der Waals surface area contributed by atoms with E-state index in [1.165, 1.54) is 24.6 Å². The predicted molar refractivity (Wildman–Crippen MR) is 71.4 cm³/mol. The van der Waals surface area contributed by atoms with Gasteiger partial charge in [-0.3, -0.25) is 4.98 Å². The van der Waals surface area contributed by atoms with Gasteiger partial charge in [0.1, 0.15) is 10.7 Å². The average Bonchev–Trinajstić information content (AvgIpc) is 2.70. The SMILES string of the molecule is COC(=O)c1nc(-c2ncc(Cl)cc2Cl)sc1C. The molecule has 0 aromatic carbocycles. The maximum Gasteiger partial charge on any atom is 0.357 e. The third kappa shape index (κ3) is 2.48. The van der Waals surface area contributed by atoms with Gasteiger partial charge in [-0.15, -0.1) is 11.3 Å². The summed E-state index contributed by atoms with van der Waals surface area (Å²) in [6.45, 7) is 1.79. The summed E-state index contributed by atoms with van der Waals surface area (Å²) in [7, 11) is 1.31. The fraction of sp³-hybridized carbons (Fsp3) is 0.182. The van der Waals surface area contributed by atoms with E-state index in [2.05, 4.69) is 14.7 Å². The van der Waals surface area contributed by atoms with Crippen molar-refractivity contribution in [1.29, 1.82) is 0 Å². The van der Waals surface area contributed by atoms with E-state index in [4.69, 9.17) is 23.2 Å². The largest absolute Gasteiger partial charge is 0.464 e. The van der Waals surface area contributed by atoms with Crippen molar-refractivity contribution in [2.75, 3.05) is 7.11 Å². The molecule has 0 saturated carbocycles. The maximum absolute atomic E-state index is 11.5. The Kier molecular flexibility index (Phi) is 3.85. The molecule has 0 bridgehead atoms. The minimum absolute atomic E-state index is 0.283. The Hall–Kier alpha value is -1.17. The molecule has 0 saturated heterocycles. The van der Waals surface area contributed by atoms with Crippen LogP contribution in [0.3, 0.4) is 0 Å². The van der Waals surface area contributed by atoms with Gasteiger partial charge in [-0.2, -0.15) is 0 Å². The van der Waals surface area contributed by atoms with Gasteiger partial charge in [0, 0.05) is 11.1 Å². The molecule has 0 atom stereocenters. The van der Waals surface area contributed by atoms with Gasteiger partial charge in [-0.05, 0) is 13.0 Å². The van der Waals surface area contributed by atoms with Gasteiger partial charge in [0.05, 0.1) is 17.2 Å². The number of pyridine rings is 1. The number of methoxy groups -OCH3 is 1. The van der Waals surface area contributed by atoms with Gasteiger partial charge >= 0.3 is 5.97 Å². The van der Waals surface area contributed by atoms with Crippen molar-refractivity contribution in [3.63, 3.8) is 0 Å². The number of carbonyl (C=O) groups excluding carboxylic acids is 1. The molecule has 2 heterocycles. The highest BCUT2D eigenvalue weighted by Crippen LogP contribution is 2.32. The van der Waals surface area contributed by atoms with Crippen LogP contribution in [-0.2, 0) is 4.74 Å². The highest BCUT2D eigenvalue weighted by atomic mass is 35.5. The van der Waals surface area contributed by atoms with E-state index in [0.29, 0.717) is 20.7 Å². The second kappa shape index (κ2) is 5.22. The highest BCUT2D eigenvalue weighted by molar-refractivity contribution is 7.15. The lowest BCUT2D eigenvalue weighted by Gasteiger charge is -1.99. The van der Waals surface area contributed by atoms with Gasteiger partial charge < -0.3 is 4.74 Å². The first kappa shape index (κ1) is 13.3. The van der Waals surface area contributed by atoms with E-state index in [1.807, 2.05) is 0 Å². The van der Waals surface area contributed by atoms with Crippen LogP contribution in [0.15, 0.2) is 12.3 Å². The number of esters is 1. The van der Waals surface area contributed by atoms with Crippen LogP contribution in [0.5, 0.6) is 0 Å². The van der Waals surface area contributed by atoms with Crippen molar-refractivity contribution in [1.82, 2.24) is 9.97 Å². The minimum atomic E-state index is -0.472. The number of hydrogen-bond donors (Lipinski definition) is 0. The molecule has 2 aromatic rings. The second-order valence-electron chi connectivity index (χ2n) is 3.40. The third-order valence-corrected chi connectivity index (χ3v) is 3.66. The molecule has 2 rings (SSSR count). The predicted octanol–water partition coefficient (Wildman–Crippen LogP) is 3.61. The molecule has 4 nitrogen and oxygen atoms in total. The number of rotatable bonds is 2. The average molecular weight is 303 g/mol. The smallest absolute Gasteiger partial charge is 0.357 e. The quantitative estimate of drug-likeness (QED) is 0.795. The zero-order chi connectivity index (χ0) is 13.3. The maximum atomic E-state index is 11.5. The molecular formula is C11H8Cl2N2O2S. The molecule has 0 unspecified atom stereocenters. The Morgan fingerprint density at radius 2 is 2.17 bits per heavy atom. The summed E-state index contributed by atoms with van der Waals surface area (Å²) < 4.78 is 4.65. The van der Waals surface area contributed by atoms with Crippen molar-refractivity contribution >= 4 is 40.5 Å². The van der Waals surface area contributed by atoms with Crippen LogP contribution in [0.2, 0.25) is 10.0 Å². The number of halogens is 2. The number of aryl methyl sites for hydroxylation is 1. The molecule has 18 heavy (non-hydrogen) atoms. The normalized spacial score (nSPS) is 10.4. The molecule has 0 radical (unpaired) electrons. The van der Waals surface area contributed by atoms with E-state index in [9.17, 15) is 4.79 Å². The Morgan fingerprint density at radius 3 is 2.78 bits per heavy atom. The first-order chi connectivity index (χ1) is 8.52. The lowest BCUT2D eigenvalue weighted by molar-refractivity contribution is 0.0594. The summed E-state index contributed by atoms with van der Waals surface area (Å²) in [6.07, 6.45) is 1.48. The molecule has 0 aliphatic carbocycles. The zero-order valence-electron chi connectivity index (χ0n) is 9.53. The van der Waals surface area contributed by atoms with Crippen LogP contribution < -0.4 is 0 Å². The van der Waals surface area contributed by atoms with Gasteiger partial charge in [0.25, 0.3) is 0 Å². The molecule has 0 spiro atoms. The van der Waals surface area contributed by atoms with E-state index in [0.717, 1.165) is 4.88 Å². The molecule has 0 fully saturated rings. The standard InChI is InChI=1S/C11H8Cl2N2O2S/c1-5-8(11(16)17-2)15-10(18-5)9-7(13)3-6(12)4-14-9/h3-4H,1-2H3. The fourth-order valence-corrected chi connectivity index (χ4v) is 2.79. The van der Waals surface area contributed by atoms with Crippen LogP contribution in [0.4, 0.5) is 0 Å². The highest BCUT2D eigenvalue weighted by Gasteiger charge is 2.18. The number of hydrogen-bond acceptors (Lipinski definition) is 5. The van der Waals surface area contributed by atoms with Crippen molar-refractivity contribution in [3.8, 4) is 10.7 Å². The summed E-state index contributed by atoms with van der Waals surface area (Å²) in [5, 5.41) is 1.41. The van der Waals surface area contributed by atoms with E-state index in [-0.39, 0.29) is 5.69 Å². The van der Waals surface area contributed by atoms with Crippen LogP contribution in [0.25, 0.3) is 10.7 Å². The topological polar surface area (TPSA) is 52.1 Å². The Bertz CT molecular complexity index is 613. The Morgan fingerprint density at radius 1 is 1.44 bits per heavy atom. The molecule has 7 heteroatoms. The lowest BCUT2D eigenvalue weighted by atomic mass is 10.3. The number of carbonyl (C=O) groups is 1.